The predicted molar refractivity (Wildman–Crippen MR) is 72.8 cm³/mol. The van der Waals surface area contributed by atoms with Gasteiger partial charge in [-0.05, 0) is 18.6 Å². The summed E-state index contributed by atoms with van der Waals surface area (Å²) in [6.45, 7) is 2.96. The van der Waals surface area contributed by atoms with Gasteiger partial charge in [0, 0.05) is 6.20 Å². The number of ether oxygens (including phenoxy) is 1. The number of nitrogen functional groups attached to an aromatic ring is 1. The van der Waals surface area contributed by atoms with Crippen LogP contribution in [0.25, 0.3) is 0 Å². The van der Waals surface area contributed by atoms with Crippen LogP contribution in [0.15, 0.2) is 18.3 Å². The molecule has 2 aromatic rings. The molecule has 106 valence electrons. The Morgan fingerprint density at radius 1 is 1.25 bits per heavy atom. The van der Waals surface area contributed by atoms with Gasteiger partial charge in [-0.2, -0.15) is 25.1 Å². The second-order valence-electron chi connectivity index (χ2n) is 3.83. The second-order valence-corrected chi connectivity index (χ2v) is 3.83. The van der Waals surface area contributed by atoms with Gasteiger partial charge >= 0.3 is 6.01 Å². The Labute approximate surface area is 116 Å². The molecule has 0 aromatic carbocycles. The van der Waals surface area contributed by atoms with Gasteiger partial charge in [-0.3, -0.25) is 5.43 Å². The largest absolute Gasteiger partial charge is 0.463 e. The monoisotopic (exact) mass is 276 g/mol. The number of hydrazine groups is 1. The first-order valence-corrected chi connectivity index (χ1v) is 6.17. The molecule has 0 aliphatic carbocycles. The molecule has 2 heterocycles. The Hall–Kier alpha value is -2.55. The minimum Gasteiger partial charge on any atom is -0.463 e. The number of anilines is 2. The fourth-order valence-corrected chi connectivity index (χ4v) is 1.36. The SMILES string of the molecule is CCCOc1nc(NN)nc(NCc2cccnn2)n1. The molecule has 9 nitrogen and oxygen atoms in total. The van der Waals surface area contributed by atoms with E-state index in [-0.39, 0.29) is 12.0 Å². The molecule has 20 heavy (non-hydrogen) atoms. The summed E-state index contributed by atoms with van der Waals surface area (Å²) in [5, 5.41) is 10.8. The molecule has 0 aliphatic rings. The van der Waals surface area contributed by atoms with Crippen molar-refractivity contribution in [1.82, 2.24) is 25.1 Å². The smallest absolute Gasteiger partial charge is 0.323 e. The molecule has 0 atom stereocenters. The molecule has 0 unspecified atom stereocenters. The van der Waals surface area contributed by atoms with Crippen LogP contribution in [0, 0.1) is 0 Å². The number of aromatic nitrogens is 5. The van der Waals surface area contributed by atoms with Gasteiger partial charge in [0.25, 0.3) is 0 Å². The zero-order valence-corrected chi connectivity index (χ0v) is 11.1. The quantitative estimate of drug-likeness (QED) is 0.485. The van der Waals surface area contributed by atoms with Crippen LogP contribution >= 0.6 is 0 Å². The van der Waals surface area contributed by atoms with Crippen LogP contribution in [0.4, 0.5) is 11.9 Å². The zero-order valence-electron chi connectivity index (χ0n) is 11.1. The molecular formula is C11H16N8O. The molecule has 0 saturated carbocycles. The van der Waals surface area contributed by atoms with Crippen molar-refractivity contribution in [3.8, 4) is 6.01 Å². The molecule has 2 rings (SSSR count). The molecular weight excluding hydrogens is 260 g/mol. The summed E-state index contributed by atoms with van der Waals surface area (Å²) in [5.74, 6) is 5.90. The van der Waals surface area contributed by atoms with E-state index in [4.69, 9.17) is 10.6 Å². The van der Waals surface area contributed by atoms with E-state index < -0.39 is 0 Å². The Morgan fingerprint density at radius 3 is 2.80 bits per heavy atom. The van der Waals surface area contributed by atoms with Crippen LogP contribution in [0.2, 0.25) is 0 Å². The first-order valence-electron chi connectivity index (χ1n) is 6.17. The first-order chi connectivity index (χ1) is 9.81. The molecule has 9 heteroatoms. The topological polar surface area (TPSA) is 124 Å². The number of nitrogens with one attached hydrogen (secondary N) is 2. The van der Waals surface area contributed by atoms with Gasteiger partial charge in [-0.1, -0.05) is 6.92 Å². The van der Waals surface area contributed by atoms with E-state index in [1.807, 2.05) is 13.0 Å². The summed E-state index contributed by atoms with van der Waals surface area (Å²) in [6.07, 6.45) is 2.47. The van der Waals surface area contributed by atoms with E-state index in [0.717, 1.165) is 12.1 Å². The molecule has 0 saturated heterocycles. The maximum atomic E-state index is 5.36. The normalized spacial score (nSPS) is 10.1. The average molecular weight is 276 g/mol. The fourth-order valence-electron chi connectivity index (χ4n) is 1.36. The number of hydrogen-bond acceptors (Lipinski definition) is 9. The Balaban J connectivity index is 2.06. The molecule has 0 spiro atoms. The number of hydrogen-bond donors (Lipinski definition) is 3. The maximum Gasteiger partial charge on any atom is 0.323 e. The summed E-state index contributed by atoms with van der Waals surface area (Å²) in [7, 11) is 0. The standard InChI is InChI=1S/C11H16N8O/c1-2-6-20-11-16-9(15-10(17-11)18-12)13-7-8-4-3-5-14-19-8/h3-5H,2,6-7,12H2,1H3,(H2,13,15,16,17,18). The first kappa shape index (κ1) is 13.9. The van der Waals surface area contributed by atoms with Crippen molar-refractivity contribution in [2.45, 2.75) is 19.9 Å². The van der Waals surface area contributed by atoms with Gasteiger partial charge in [0.2, 0.25) is 11.9 Å². The molecule has 0 aliphatic heterocycles. The van der Waals surface area contributed by atoms with E-state index in [2.05, 4.69) is 35.9 Å². The van der Waals surface area contributed by atoms with Gasteiger partial charge < -0.3 is 10.1 Å². The highest BCUT2D eigenvalue weighted by Gasteiger charge is 2.06. The third-order valence-corrected chi connectivity index (χ3v) is 2.23. The van der Waals surface area contributed by atoms with Gasteiger partial charge in [-0.15, -0.1) is 0 Å². The van der Waals surface area contributed by atoms with Crippen molar-refractivity contribution in [2.75, 3.05) is 17.3 Å². The zero-order chi connectivity index (χ0) is 14.2. The minimum atomic E-state index is 0.219. The van der Waals surface area contributed by atoms with Crippen LogP contribution < -0.4 is 21.3 Å². The van der Waals surface area contributed by atoms with Crippen molar-refractivity contribution in [3.05, 3.63) is 24.0 Å². The van der Waals surface area contributed by atoms with Crippen LogP contribution in [-0.2, 0) is 6.54 Å². The summed E-state index contributed by atoms with van der Waals surface area (Å²) < 4.78 is 5.36. The fraction of sp³-hybridized carbons (Fsp3) is 0.364. The highest BCUT2D eigenvalue weighted by atomic mass is 16.5. The summed E-state index contributed by atoms with van der Waals surface area (Å²) >= 11 is 0. The molecule has 0 fully saturated rings. The number of nitrogens with zero attached hydrogens (tertiary/aromatic N) is 5. The van der Waals surface area contributed by atoms with Crippen LogP contribution in [0.3, 0.4) is 0 Å². The van der Waals surface area contributed by atoms with Crippen LogP contribution in [-0.4, -0.2) is 31.8 Å². The lowest BCUT2D eigenvalue weighted by atomic mass is 10.4. The highest BCUT2D eigenvalue weighted by Crippen LogP contribution is 2.11. The lowest BCUT2D eigenvalue weighted by molar-refractivity contribution is 0.292. The second kappa shape index (κ2) is 7.14. The van der Waals surface area contributed by atoms with Crippen molar-refractivity contribution < 1.29 is 4.74 Å². The van der Waals surface area contributed by atoms with Gasteiger partial charge in [0.1, 0.15) is 0 Å². The third kappa shape index (κ3) is 3.99. The average Bonchev–Trinajstić information content (AvgIpc) is 2.51. The predicted octanol–water partition coefficient (Wildman–Crippen LogP) is 0.348. The Morgan fingerprint density at radius 2 is 2.10 bits per heavy atom. The molecule has 4 N–H and O–H groups in total. The minimum absolute atomic E-state index is 0.219. The summed E-state index contributed by atoms with van der Waals surface area (Å²) in [4.78, 5) is 12.2. The van der Waals surface area contributed by atoms with Crippen LogP contribution in [0.5, 0.6) is 6.01 Å². The van der Waals surface area contributed by atoms with Gasteiger partial charge in [0.05, 0.1) is 18.8 Å². The summed E-state index contributed by atoms with van der Waals surface area (Å²) in [5.41, 5.74) is 3.14. The lowest BCUT2D eigenvalue weighted by Crippen LogP contribution is -2.15. The van der Waals surface area contributed by atoms with Gasteiger partial charge in [-0.25, -0.2) is 5.84 Å². The molecule has 0 radical (unpaired) electrons. The highest BCUT2D eigenvalue weighted by molar-refractivity contribution is 5.35. The van der Waals surface area contributed by atoms with E-state index in [0.29, 0.717) is 19.1 Å². The summed E-state index contributed by atoms with van der Waals surface area (Å²) in [6, 6.07) is 3.87. The van der Waals surface area contributed by atoms with Crippen molar-refractivity contribution in [1.29, 1.82) is 0 Å². The number of nitrogens with two attached hydrogens (primary N) is 1. The number of rotatable bonds is 7. The van der Waals surface area contributed by atoms with E-state index in [9.17, 15) is 0 Å². The lowest BCUT2D eigenvalue weighted by Gasteiger charge is -2.08. The Bertz CT molecular complexity index is 535. The molecule has 0 amide bonds. The van der Waals surface area contributed by atoms with Crippen molar-refractivity contribution in [2.24, 2.45) is 5.84 Å². The third-order valence-electron chi connectivity index (χ3n) is 2.23. The maximum absolute atomic E-state index is 5.36. The Kier molecular flexibility index (Phi) is 4.95. The van der Waals surface area contributed by atoms with Gasteiger partial charge in [0.15, 0.2) is 0 Å². The molecule has 2 aromatic heterocycles. The van der Waals surface area contributed by atoms with Crippen molar-refractivity contribution >= 4 is 11.9 Å². The van der Waals surface area contributed by atoms with E-state index in [1.165, 1.54) is 0 Å². The molecule has 0 bridgehead atoms. The van der Waals surface area contributed by atoms with E-state index >= 15 is 0 Å². The van der Waals surface area contributed by atoms with E-state index in [1.54, 1.807) is 12.3 Å². The van der Waals surface area contributed by atoms with Crippen LogP contribution in [0.1, 0.15) is 19.0 Å². The van der Waals surface area contributed by atoms with Crippen molar-refractivity contribution in [3.63, 3.8) is 0 Å².